The minimum absolute atomic E-state index is 0.471. The van der Waals surface area contributed by atoms with E-state index in [2.05, 4.69) is 10.3 Å². The number of carboxylic acid groups (broad SMARTS) is 1. The number of carbonyl (C=O) groups is 2. The first kappa shape index (κ1) is 15.0. The second-order valence-electron chi connectivity index (χ2n) is 3.93. The standard InChI is InChI=1S/C13H18N2O4/c1-2-3-9-15(11-7-5-4-6-8-11)13(18)14-19-10-12(16)17/h4-8H,2-3,9-10H2,1H3,(H,14,18)(H,16,17). The Hall–Kier alpha value is -2.08. The molecule has 0 aromatic heterocycles. The number of urea groups is 1. The molecule has 0 unspecified atom stereocenters. The van der Waals surface area contributed by atoms with Crippen LogP contribution in [0.1, 0.15) is 19.8 Å². The molecule has 2 N–H and O–H groups in total. The number of benzene rings is 1. The van der Waals surface area contributed by atoms with Crippen molar-refractivity contribution in [1.29, 1.82) is 0 Å². The summed E-state index contributed by atoms with van der Waals surface area (Å²) in [5, 5.41) is 8.43. The summed E-state index contributed by atoms with van der Waals surface area (Å²) in [6.45, 7) is 2.01. The van der Waals surface area contributed by atoms with Crippen LogP contribution in [0, 0.1) is 0 Å². The number of aliphatic carboxylic acids is 1. The predicted octanol–water partition coefficient (Wildman–Crippen LogP) is 2.02. The van der Waals surface area contributed by atoms with Gasteiger partial charge in [0, 0.05) is 12.2 Å². The normalized spacial score (nSPS) is 9.95. The lowest BCUT2D eigenvalue weighted by molar-refractivity contribution is -0.143. The van der Waals surface area contributed by atoms with Gasteiger partial charge in [-0.25, -0.2) is 15.1 Å². The van der Waals surface area contributed by atoms with E-state index in [0.29, 0.717) is 6.54 Å². The second kappa shape index (κ2) is 8.10. The molecule has 2 amide bonds. The largest absolute Gasteiger partial charge is 0.479 e. The average molecular weight is 266 g/mol. The van der Waals surface area contributed by atoms with Gasteiger partial charge in [0.1, 0.15) is 0 Å². The molecule has 1 rings (SSSR count). The van der Waals surface area contributed by atoms with Gasteiger partial charge < -0.3 is 5.11 Å². The highest BCUT2D eigenvalue weighted by molar-refractivity contribution is 5.91. The van der Waals surface area contributed by atoms with Crippen LogP contribution in [0.4, 0.5) is 10.5 Å². The van der Waals surface area contributed by atoms with Crippen molar-refractivity contribution in [2.45, 2.75) is 19.8 Å². The van der Waals surface area contributed by atoms with Crippen molar-refractivity contribution >= 4 is 17.7 Å². The Labute approximate surface area is 111 Å². The summed E-state index contributed by atoms with van der Waals surface area (Å²) < 4.78 is 0. The van der Waals surface area contributed by atoms with Crippen molar-refractivity contribution in [3.05, 3.63) is 30.3 Å². The number of amides is 2. The van der Waals surface area contributed by atoms with E-state index in [-0.39, 0.29) is 0 Å². The topological polar surface area (TPSA) is 78.9 Å². The minimum atomic E-state index is -1.14. The van der Waals surface area contributed by atoms with E-state index >= 15 is 0 Å². The Kier molecular flexibility index (Phi) is 6.38. The number of para-hydroxylation sites is 1. The number of anilines is 1. The smallest absolute Gasteiger partial charge is 0.345 e. The SMILES string of the molecule is CCCCN(C(=O)NOCC(=O)O)c1ccccc1. The molecule has 6 heteroatoms. The lowest BCUT2D eigenvalue weighted by Crippen LogP contribution is -2.41. The summed E-state index contributed by atoms with van der Waals surface area (Å²) in [5.74, 6) is -1.14. The number of carbonyl (C=O) groups excluding carboxylic acids is 1. The van der Waals surface area contributed by atoms with Crippen LogP contribution in [0.25, 0.3) is 0 Å². The Balaban J connectivity index is 2.63. The Morgan fingerprint density at radius 2 is 2.00 bits per heavy atom. The zero-order valence-corrected chi connectivity index (χ0v) is 10.8. The average Bonchev–Trinajstić information content (AvgIpc) is 2.40. The zero-order valence-electron chi connectivity index (χ0n) is 10.8. The molecule has 0 aliphatic carbocycles. The number of unbranched alkanes of at least 4 members (excludes halogenated alkanes) is 1. The fourth-order valence-electron chi connectivity index (χ4n) is 1.49. The molecule has 19 heavy (non-hydrogen) atoms. The summed E-state index contributed by atoms with van der Waals surface area (Å²) in [7, 11) is 0. The van der Waals surface area contributed by atoms with Gasteiger partial charge in [-0.3, -0.25) is 9.74 Å². The highest BCUT2D eigenvalue weighted by Crippen LogP contribution is 2.14. The minimum Gasteiger partial charge on any atom is -0.479 e. The lowest BCUT2D eigenvalue weighted by Gasteiger charge is -2.22. The van der Waals surface area contributed by atoms with Gasteiger partial charge in [-0.1, -0.05) is 31.5 Å². The fraction of sp³-hybridized carbons (Fsp3) is 0.385. The van der Waals surface area contributed by atoms with Gasteiger partial charge in [0.25, 0.3) is 0 Å². The van der Waals surface area contributed by atoms with Gasteiger partial charge in [0.05, 0.1) is 0 Å². The van der Waals surface area contributed by atoms with E-state index in [4.69, 9.17) is 5.11 Å². The molecule has 0 aliphatic rings. The van der Waals surface area contributed by atoms with Gasteiger partial charge in [-0.2, -0.15) is 0 Å². The maximum Gasteiger partial charge on any atom is 0.345 e. The van der Waals surface area contributed by atoms with E-state index in [9.17, 15) is 9.59 Å². The quantitative estimate of drug-likeness (QED) is 0.740. The number of nitrogens with zero attached hydrogens (tertiary/aromatic N) is 1. The lowest BCUT2D eigenvalue weighted by atomic mass is 10.2. The van der Waals surface area contributed by atoms with Gasteiger partial charge in [0.15, 0.2) is 6.61 Å². The molecule has 0 radical (unpaired) electrons. The molecule has 0 fully saturated rings. The Bertz CT molecular complexity index is 408. The summed E-state index contributed by atoms with van der Waals surface area (Å²) in [5.41, 5.74) is 2.87. The highest BCUT2D eigenvalue weighted by Gasteiger charge is 2.15. The van der Waals surface area contributed by atoms with Crippen molar-refractivity contribution in [3.8, 4) is 0 Å². The molecule has 6 nitrogen and oxygen atoms in total. The van der Waals surface area contributed by atoms with Crippen LogP contribution in [0.15, 0.2) is 30.3 Å². The highest BCUT2D eigenvalue weighted by atomic mass is 16.7. The van der Waals surface area contributed by atoms with E-state index in [1.54, 1.807) is 0 Å². The first-order chi connectivity index (χ1) is 9.15. The van der Waals surface area contributed by atoms with Crippen LogP contribution in [-0.4, -0.2) is 30.3 Å². The number of carboxylic acids is 1. The maximum absolute atomic E-state index is 11.9. The van der Waals surface area contributed by atoms with Crippen molar-refractivity contribution in [3.63, 3.8) is 0 Å². The fourth-order valence-corrected chi connectivity index (χ4v) is 1.49. The number of nitrogens with one attached hydrogen (secondary N) is 1. The van der Waals surface area contributed by atoms with Crippen molar-refractivity contribution in [1.82, 2.24) is 5.48 Å². The summed E-state index contributed by atoms with van der Waals surface area (Å²) >= 11 is 0. The van der Waals surface area contributed by atoms with E-state index in [0.717, 1.165) is 18.5 Å². The molecule has 0 bridgehead atoms. The second-order valence-corrected chi connectivity index (χ2v) is 3.93. The third-order valence-electron chi connectivity index (χ3n) is 2.40. The van der Waals surface area contributed by atoms with Crippen LogP contribution in [0.2, 0.25) is 0 Å². The maximum atomic E-state index is 11.9. The van der Waals surface area contributed by atoms with Crippen LogP contribution in [-0.2, 0) is 9.63 Å². The first-order valence-corrected chi connectivity index (χ1v) is 6.11. The third-order valence-corrected chi connectivity index (χ3v) is 2.40. The van der Waals surface area contributed by atoms with Crippen LogP contribution in [0.3, 0.4) is 0 Å². The van der Waals surface area contributed by atoms with Crippen molar-refractivity contribution in [2.75, 3.05) is 18.1 Å². The van der Waals surface area contributed by atoms with Gasteiger partial charge in [0.2, 0.25) is 0 Å². The first-order valence-electron chi connectivity index (χ1n) is 6.11. The van der Waals surface area contributed by atoms with Crippen LogP contribution >= 0.6 is 0 Å². The molecular formula is C13H18N2O4. The predicted molar refractivity (Wildman–Crippen MR) is 70.8 cm³/mol. The summed E-state index contributed by atoms with van der Waals surface area (Å²) in [6.07, 6.45) is 1.80. The molecule has 0 saturated heterocycles. The Morgan fingerprint density at radius 1 is 1.32 bits per heavy atom. The summed E-state index contributed by atoms with van der Waals surface area (Å²) in [4.78, 5) is 28.3. The van der Waals surface area contributed by atoms with E-state index in [1.807, 2.05) is 37.3 Å². The molecule has 0 spiro atoms. The molecular weight excluding hydrogens is 248 g/mol. The van der Waals surface area contributed by atoms with Gasteiger partial charge in [-0.05, 0) is 18.6 Å². The molecule has 0 saturated carbocycles. The third kappa shape index (κ3) is 5.39. The van der Waals surface area contributed by atoms with Gasteiger partial charge >= 0.3 is 12.0 Å². The zero-order chi connectivity index (χ0) is 14.1. The molecule has 1 aromatic rings. The van der Waals surface area contributed by atoms with E-state index in [1.165, 1.54) is 4.90 Å². The number of hydrogen-bond acceptors (Lipinski definition) is 3. The van der Waals surface area contributed by atoms with Crippen LogP contribution < -0.4 is 10.4 Å². The summed E-state index contributed by atoms with van der Waals surface area (Å²) in [6, 6.07) is 8.68. The number of rotatable bonds is 7. The monoisotopic (exact) mass is 266 g/mol. The van der Waals surface area contributed by atoms with Crippen molar-refractivity contribution in [2.24, 2.45) is 0 Å². The molecule has 1 aromatic carbocycles. The Morgan fingerprint density at radius 3 is 2.58 bits per heavy atom. The van der Waals surface area contributed by atoms with E-state index < -0.39 is 18.6 Å². The molecule has 0 atom stereocenters. The molecule has 104 valence electrons. The number of hydroxylamine groups is 1. The molecule has 0 heterocycles. The van der Waals surface area contributed by atoms with Gasteiger partial charge in [-0.15, -0.1) is 0 Å². The van der Waals surface area contributed by atoms with Crippen LogP contribution in [0.5, 0.6) is 0 Å². The molecule has 0 aliphatic heterocycles. The number of hydrogen-bond donors (Lipinski definition) is 2. The van der Waals surface area contributed by atoms with Crippen molar-refractivity contribution < 1.29 is 19.5 Å².